The molecule has 0 amide bonds. The van der Waals surface area contributed by atoms with Crippen LogP contribution in [0.3, 0.4) is 0 Å². The number of carbonyl (C=O) groups excluding carboxylic acids is 1. The zero-order valence-corrected chi connectivity index (χ0v) is 21.9. The van der Waals surface area contributed by atoms with Gasteiger partial charge in [-0.15, -0.1) is 5.10 Å². The second-order valence-corrected chi connectivity index (χ2v) is 11.0. The van der Waals surface area contributed by atoms with Crippen molar-refractivity contribution in [1.82, 2.24) is 5.12 Å². The highest BCUT2D eigenvalue weighted by Crippen LogP contribution is 2.50. The molecule has 3 aliphatic rings. The van der Waals surface area contributed by atoms with E-state index in [1.165, 1.54) is 12.1 Å². The number of amidine groups is 1. The number of esters is 1. The van der Waals surface area contributed by atoms with Crippen molar-refractivity contribution in [2.75, 3.05) is 0 Å². The number of cyclic esters (lactones) is 1. The normalized spacial score (nSPS) is 23.2. The number of aliphatic hydroxyl groups excluding tert-OH is 1. The van der Waals surface area contributed by atoms with Crippen molar-refractivity contribution in [1.29, 1.82) is 5.26 Å². The molecule has 0 bridgehead atoms. The lowest BCUT2D eigenvalue weighted by Crippen LogP contribution is -2.46. The largest absolute Gasteiger partial charge is 0.512 e. The quantitative estimate of drug-likeness (QED) is 0.136. The molecule has 0 aromatic heterocycles. The van der Waals surface area contributed by atoms with E-state index in [1.54, 1.807) is 6.20 Å². The minimum absolute atomic E-state index is 0.0145. The van der Waals surface area contributed by atoms with Gasteiger partial charge in [-0.1, -0.05) is 18.4 Å². The number of hydrogen-bond acceptors (Lipinski definition) is 7. The number of hydrazone groups is 1. The number of nitrogens with zero attached hydrogens (tertiary/aromatic N) is 3. The van der Waals surface area contributed by atoms with Crippen LogP contribution in [0, 0.1) is 28.9 Å². The molecule has 204 valence electrons. The lowest BCUT2D eigenvalue weighted by molar-refractivity contribution is -0.167. The molecule has 4 rings (SSSR count). The first-order chi connectivity index (χ1) is 18.0. The Hall–Kier alpha value is -3.45. The van der Waals surface area contributed by atoms with Crippen LogP contribution in [0.5, 0.6) is 0 Å². The molecule has 10 heteroatoms. The van der Waals surface area contributed by atoms with Crippen molar-refractivity contribution in [3.05, 3.63) is 58.0 Å². The standard InChI is InChI=1S/C28H35F2N5O3/c1-17(2)15-35(33)34-24(32)13-20-23(36)14-28(38-26(20)37,19-5-3-4-6-19)8-7-18-11-21(29)25(22(30)12-18)27(16-31)9-10-27/h11-12,15,19,36H,3-10,13-14,33H2,1-2H3,(H2,32,34). The third-order valence-corrected chi connectivity index (χ3v) is 7.83. The maximum atomic E-state index is 14.9. The summed E-state index contributed by atoms with van der Waals surface area (Å²) in [7, 11) is 0. The smallest absolute Gasteiger partial charge is 0.338 e. The fourth-order valence-corrected chi connectivity index (χ4v) is 5.77. The highest BCUT2D eigenvalue weighted by Gasteiger charge is 2.50. The van der Waals surface area contributed by atoms with Gasteiger partial charge in [0.1, 0.15) is 28.8 Å². The van der Waals surface area contributed by atoms with Gasteiger partial charge in [-0.05, 0) is 76.0 Å². The fraction of sp³-hybridized carbons (Fsp3) is 0.536. The van der Waals surface area contributed by atoms with Crippen LogP contribution in [0.2, 0.25) is 0 Å². The number of halogens is 2. The Balaban J connectivity index is 1.55. The Bertz CT molecular complexity index is 1210. The van der Waals surface area contributed by atoms with E-state index in [0.717, 1.165) is 36.4 Å². The zero-order valence-electron chi connectivity index (χ0n) is 21.9. The van der Waals surface area contributed by atoms with Crippen molar-refractivity contribution >= 4 is 11.8 Å². The third-order valence-electron chi connectivity index (χ3n) is 7.83. The molecule has 1 aromatic rings. The molecule has 1 aliphatic heterocycles. The van der Waals surface area contributed by atoms with Gasteiger partial charge in [0.2, 0.25) is 0 Å². The summed E-state index contributed by atoms with van der Waals surface area (Å²) in [5.41, 5.74) is 5.08. The summed E-state index contributed by atoms with van der Waals surface area (Å²) in [5.74, 6) is 3.57. The van der Waals surface area contributed by atoms with E-state index in [2.05, 4.69) is 5.10 Å². The van der Waals surface area contributed by atoms with Gasteiger partial charge in [0.05, 0.1) is 17.1 Å². The van der Waals surface area contributed by atoms with Crippen LogP contribution in [0.1, 0.15) is 82.8 Å². The van der Waals surface area contributed by atoms with Gasteiger partial charge in [-0.3, -0.25) is 0 Å². The van der Waals surface area contributed by atoms with E-state index >= 15 is 0 Å². The molecule has 38 heavy (non-hydrogen) atoms. The number of nitrogens with two attached hydrogens (primary N) is 2. The highest BCUT2D eigenvalue weighted by atomic mass is 19.1. The molecule has 8 nitrogen and oxygen atoms in total. The van der Waals surface area contributed by atoms with Crippen LogP contribution in [0.25, 0.3) is 0 Å². The van der Waals surface area contributed by atoms with Gasteiger partial charge in [0.25, 0.3) is 0 Å². The van der Waals surface area contributed by atoms with Crippen LogP contribution in [0.4, 0.5) is 8.78 Å². The summed E-state index contributed by atoms with van der Waals surface area (Å²) >= 11 is 0. The summed E-state index contributed by atoms with van der Waals surface area (Å²) in [6.45, 7) is 3.68. The monoisotopic (exact) mass is 527 g/mol. The van der Waals surface area contributed by atoms with Gasteiger partial charge in [0.15, 0.2) is 0 Å². The van der Waals surface area contributed by atoms with E-state index in [9.17, 15) is 23.9 Å². The van der Waals surface area contributed by atoms with Gasteiger partial charge in [-0.25, -0.2) is 24.5 Å². The van der Waals surface area contributed by atoms with Gasteiger partial charge >= 0.3 is 5.97 Å². The van der Waals surface area contributed by atoms with E-state index in [0.29, 0.717) is 24.8 Å². The van der Waals surface area contributed by atoms with Crippen LogP contribution in [-0.2, 0) is 21.4 Å². The van der Waals surface area contributed by atoms with Crippen molar-refractivity contribution < 1.29 is 23.4 Å². The van der Waals surface area contributed by atoms with E-state index in [1.807, 2.05) is 19.9 Å². The average Bonchev–Trinajstić information content (AvgIpc) is 3.39. The summed E-state index contributed by atoms with van der Waals surface area (Å²) in [6.07, 6.45) is 6.57. The first kappa shape index (κ1) is 27.6. The van der Waals surface area contributed by atoms with Crippen molar-refractivity contribution in [3.8, 4) is 6.07 Å². The summed E-state index contributed by atoms with van der Waals surface area (Å²) < 4.78 is 35.8. The predicted octanol–water partition coefficient (Wildman–Crippen LogP) is 4.90. The minimum atomic E-state index is -1.07. The Labute approximate surface area is 221 Å². The maximum absolute atomic E-state index is 14.9. The van der Waals surface area contributed by atoms with Crippen molar-refractivity contribution in [2.24, 2.45) is 22.6 Å². The first-order valence-corrected chi connectivity index (χ1v) is 13.0. The summed E-state index contributed by atoms with van der Waals surface area (Å²) in [6, 6.07) is 4.58. The van der Waals surface area contributed by atoms with Crippen LogP contribution in [0.15, 0.2) is 40.3 Å². The summed E-state index contributed by atoms with van der Waals surface area (Å²) in [4.78, 5) is 13.1. The van der Waals surface area contributed by atoms with Gasteiger partial charge < -0.3 is 15.6 Å². The molecular weight excluding hydrogens is 492 g/mol. The zero-order chi connectivity index (χ0) is 27.7. The second kappa shape index (κ2) is 10.7. The third kappa shape index (κ3) is 5.68. The molecule has 2 fully saturated rings. The number of ether oxygens (including phenoxy) is 1. The molecule has 1 aromatic carbocycles. The molecule has 0 spiro atoms. The molecule has 2 saturated carbocycles. The molecule has 5 N–H and O–H groups in total. The van der Waals surface area contributed by atoms with E-state index in [4.69, 9.17) is 16.3 Å². The highest BCUT2D eigenvalue weighted by molar-refractivity contribution is 5.97. The predicted molar refractivity (Wildman–Crippen MR) is 138 cm³/mol. The number of allylic oxidation sites excluding steroid dienone is 1. The molecule has 1 heterocycles. The number of rotatable bonds is 9. The molecule has 0 saturated heterocycles. The van der Waals surface area contributed by atoms with Crippen LogP contribution >= 0.6 is 0 Å². The number of hydrazine groups is 1. The van der Waals surface area contributed by atoms with Crippen LogP contribution in [-0.4, -0.2) is 27.6 Å². The number of hydrogen-bond donors (Lipinski definition) is 3. The van der Waals surface area contributed by atoms with E-state index < -0.39 is 28.6 Å². The first-order valence-electron chi connectivity index (χ1n) is 13.0. The van der Waals surface area contributed by atoms with Crippen molar-refractivity contribution in [2.45, 2.75) is 89.1 Å². The van der Waals surface area contributed by atoms with E-state index in [-0.39, 0.29) is 47.9 Å². The van der Waals surface area contributed by atoms with Gasteiger partial charge in [-0.2, -0.15) is 5.26 Å². The molecule has 0 radical (unpaired) electrons. The molecule has 1 atom stereocenters. The second-order valence-electron chi connectivity index (χ2n) is 11.0. The lowest BCUT2D eigenvalue weighted by Gasteiger charge is -2.42. The number of aliphatic hydroxyl groups is 1. The summed E-state index contributed by atoms with van der Waals surface area (Å²) in [5, 5.41) is 25.4. The molecule has 1 unspecified atom stereocenters. The number of nitriles is 1. The molecular formula is C28H35F2N5O3. The maximum Gasteiger partial charge on any atom is 0.338 e. The minimum Gasteiger partial charge on any atom is -0.512 e. The number of benzene rings is 1. The fourth-order valence-electron chi connectivity index (χ4n) is 5.77. The SMILES string of the molecule is CC(C)=CN(N)/N=C(\N)CC1=C(O)CC(CCc2cc(F)c(C3(C#N)CC3)c(F)c2)(C2CCCC2)OC1=O. The van der Waals surface area contributed by atoms with Gasteiger partial charge in [0, 0.05) is 24.6 Å². The topological polar surface area (TPSA) is 138 Å². The Morgan fingerprint density at radius 1 is 1.29 bits per heavy atom. The number of aryl methyl sites for hydroxylation is 1. The Kier molecular flexibility index (Phi) is 7.79. The van der Waals surface area contributed by atoms with Crippen LogP contribution < -0.4 is 11.6 Å². The Morgan fingerprint density at radius 3 is 2.45 bits per heavy atom. The molecule has 2 aliphatic carbocycles. The average molecular weight is 528 g/mol. The lowest BCUT2D eigenvalue weighted by atomic mass is 9.76. The van der Waals surface area contributed by atoms with Crippen molar-refractivity contribution in [3.63, 3.8) is 0 Å². The Morgan fingerprint density at radius 2 is 1.92 bits per heavy atom. The number of carbonyl (C=O) groups is 1.